The Hall–Kier alpha value is -1.35. The Morgan fingerprint density at radius 1 is 1.33 bits per heavy atom. The van der Waals surface area contributed by atoms with Crippen LogP contribution < -0.4 is 0 Å². The van der Waals surface area contributed by atoms with Gasteiger partial charge in [0.05, 0.1) is 6.61 Å². The van der Waals surface area contributed by atoms with Crippen LogP contribution in [0.3, 0.4) is 0 Å². The van der Waals surface area contributed by atoms with Crippen LogP contribution >= 0.6 is 0 Å². The van der Waals surface area contributed by atoms with Gasteiger partial charge in [0.2, 0.25) is 0 Å². The van der Waals surface area contributed by atoms with Gasteiger partial charge in [0.1, 0.15) is 6.04 Å². The molecule has 0 heterocycles. The number of likely N-dealkylation sites (N-methyl/N-ethyl adjacent to an activating group) is 1. The maximum absolute atomic E-state index is 12.2. The van der Waals surface area contributed by atoms with E-state index in [-0.39, 0.29) is 12.0 Å². The third kappa shape index (κ3) is 2.91. The summed E-state index contributed by atoms with van der Waals surface area (Å²) < 4.78 is 5.24. The summed E-state index contributed by atoms with van der Waals surface area (Å²) >= 11 is 0. The van der Waals surface area contributed by atoms with Crippen molar-refractivity contribution in [3.05, 3.63) is 35.9 Å². The SMILES string of the molecule is CCOC(=O)C(c1ccccc1)N(CC)C1CC1. The van der Waals surface area contributed by atoms with Crippen LogP contribution in [0, 0.1) is 0 Å². The summed E-state index contributed by atoms with van der Waals surface area (Å²) in [4.78, 5) is 14.5. The second kappa shape index (κ2) is 6.01. The average molecular weight is 247 g/mol. The Bertz CT molecular complexity index is 387. The van der Waals surface area contributed by atoms with E-state index in [2.05, 4.69) is 11.8 Å². The Morgan fingerprint density at radius 2 is 2.00 bits per heavy atom. The lowest BCUT2D eigenvalue weighted by Crippen LogP contribution is -2.36. The molecule has 0 N–H and O–H groups in total. The zero-order valence-electron chi connectivity index (χ0n) is 11.1. The van der Waals surface area contributed by atoms with Crippen molar-refractivity contribution in [2.24, 2.45) is 0 Å². The van der Waals surface area contributed by atoms with Gasteiger partial charge in [0.25, 0.3) is 0 Å². The van der Waals surface area contributed by atoms with Crippen LogP contribution in [0.25, 0.3) is 0 Å². The molecule has 1 saturated carbocycles. The number of carbonyl (C=O) groups excluding carboxylic acids is 1. The van der Waals surface area contributed by atoms with Crippen LogP contribution in [0.15, 0.2) is 30.3 Å². The molecule has 1 atom stereocenters. The fraction of sp³-hybridized carbons (Fsp3) is 0.533. The topological polar surface area (TPSA) is 29.5 Å². The van der Waals surface area contributed by atoms with Crippen molar-refractivity contribution in [3.8, 4) is 0 Å². The summed E-state index contributed by atoms with van der Waals surface area (Å²) in [5.41, 5.74) is 1.03. The number of benzene rings is 1. The first-order chi connectivity index (χ1) is 8.77. The van der Waals surface area contributed by atoms with Gasteiger partial charge in [0.15, 0.2) is 0 Å². The van der Waals surface area contributed by atoms with Crippen molar-refractivity contribution in [1.82, 2.24) is 4.90 Å². The van der Waals surface area contributed by atoms with E-state index >= 15 is 0 Å². The largest absolute Gasteiger partial charge is 0.465 e. The molecule has 1 aliphatic rings. The predicted molar refractivity (Wildman–Crippen MR) is 71.2 cm³/mol. The maximum atomic E-state index is 12.2. The monoisotopic (exact) mass is 247 g/mol. The van der Waals surface area contributed by atoms with Crippen molar-refractivity contribution in [2.45, 2.75) is 38.8 Å². The van der Waals surface area contributed by atoms with Gasteiger partial charge in [-0.25, -0.2) is 4.79 Å². The molecule has 0 radical (unpaired) electrons. The average Bonchev–Trinajstić information content (AvgIpc) is 3.21. The third-order valence-electron chi connectivity index (χ3n) is 3.34. The minimum absolute atomic E-state index is 0.127. The standard InChI is InChI=1S/C15H21NO2/c1-3-16(13-10-11-13)14(15(17)18-4-2)12-8-6-5-7-9-12/h5-9,13-14H,3-4,10-11H2,1-2H3. The molecule has 0 bridgehead atoms. The maximum Gasteiger partial charge on any atom is 0.328 e. The van der Waals surface area contributed by atoms with Crippen molar-refractivity contribution >= 4 is 5.97 Å². The van der Waals surface area contributed by atoms with E-state index in [9.17, 15) is 4.79 Å². The third-order valence-corrected chi connectivity index (χ3v) is 3.34. The summed E-state index contributed by atoms with van der Waals surface area (Å²) in [6.07, 6.45) is 2.38. The van der Waals surface area contributed by atoms with Gasteiger partial charge in [0, 0.05) is 6.04 Å². The molecule has 18 heavy (non-hydrogen) atoms. The van der Waals surface area contributed by atoms with E-state index in [1.54, 1.807) is 0 Å². The highest BCUT2D eigenvalue weighted by atomic mass is 16.5. The molecule has 3 heteroatoms. The fourth-order valence-electron chi connectivity index (χ4n) is 2.38. The molecule has 0 aromatic heterocycles. The smallest absolute Gasteiger partial charge is 0.328 e. The van der Waals surface area contributed by atoms with Gasteiger partial charge in [-0.3, -0.25) is 4.90 Å². The number of nitrogens with zero attached hydrogens (tertiary/aromatic N) is 1. The van der Waals surface area contributed by atoms with Crippen molar-refractivity contribution in [2.75, 3.05) is 13.2 Å². The first-order valence-corrected chi connectivity index (χ1v) is 6.75. The van der Waals surface area contributed by atoms with Crippen molar-refractivity contribution in [1.29, 1.82) is 0 Å². The Morgan fingerprint density at radius 3 is 2.50 bits per heavy atom. The summed E-state index contributed by atoms with van der Waals surface area (Å²) in [5, 5.41) is 0. The molecule has 1 aromatic rings. The molecule has 1 unspecified atom stereocenters. The summed E-state index contributed by atoms with van der Waals surface area (Å²) in [7, 11) is 0. The van der Waals surface area contributed by atoms with Crippen LogP contribution in [0.5, 0.6) is 0 Å². The lowest BCUT2D eigenvalue weighted by atomic mass is 10.1. The van der Waals surface area contributed by atoms with Gasteiger partial charge in [-0.05, 0) is 31.9 Å². The molecule has 2 rings (SSSR count). The van der Waals surface area contributed by atoms with Gasteiger partial charge in [-0.15, -0.1) is 0 Å². The van der Waals surface area contributed by atoms with E-state index < -0.39 is 0 Å². The number of esters is 1. The van der Waals surface area contributed by atoms with Crippen LogP contribution in [-0.4, -0.2) is 30.1 Å². The molecule has 1 aliphatic carbocycles. The van der Waals surface area contributed by atoms with Gasteiger partial charge in [-0.1, -0.05) is 37.3 Å². The van der Waals surface area contributed by atoms with Gasteiger partial charge in [-0.2, -0.15) is 0 Å². The van der Waals surface area contributed by atoms with Crippen LogP contribution in [0.2, 0.25) is 0 Å². The Balaban J connectivity index is 2.24. The molecule has 98 valence electrons. The van der Waals surface area contributed by atoms with E-state index in [1.807, 2.05) is 37.3 Å². The van der Waals surface area contributed by atoms with Crippen LogP contribution in [0.4, 0.5) is 0 Å². The number of hydrogen-bond donors (Lipinski definition) is 0. The van der Waals surface area contributed by atoms with Gasteiger partial charge >= 0.3 is 5.97 Å². The number of carbonyl (C=O) groups is 1. The van der Waals surface area contributed by atoms with Crippen LogP contribution in [0.1, 0.15) is 38.3 Å². The van der Waals surface area contributed by atoms with E-state index in [4.69, 9.17) is 4.74 Å². The first-order valence-electron chi connectivity index (χ1n) is 6.75. The Labute approximate surface area is 109 Å². The zero-order chi connectivity index (χ0) is 13.0. The highest BCUT2D eigenvalue weighted by molar-refractivity contribution is 5.77. The molecule has 3 nitrogen and oxygen atoms in total. The highest BCUT2D eigenvalue weighted by Crippen LogP contribution is 2.34. The molecular weight excluding hydrogens is 226 g/mol. The molecule has 0 saturated heterocycles. The molecule has 1 fully saturated rings. The number of rotatable bonds is 6. The highest BCUT2D eigenvalue weighted by Gasteiger charge is 2.37. The molecule has 0 aliphatic heterocycles. The molecule has 0 amide bonds. The van der Waals surface area contributed by atoms with Gasteiger partial charge < -0.3 is 4.74 Å². The molecule has 1 aromatic carbocycles. The van der Waals surface area contributed by atoms with E-state index in [0.29, 0.717) is 12.6 Å². The number of hydrogen-bond acceptors (Lipinski definition) is 3. The summed E-state index contributed by atoms with van der Waals surface area (Å²) in [6.45, 7) is 5.27. The molecular formula is C15H21NO2. The second-order valence-electron chi connectivity index (χ2n) is 4.63. The van der Waals surface area contributed by atoms with E-state index in [1.165, 1.54) is 12.8 Å². The summed E-state index contributed by atoms with van der Waals surface area (Å²) in [6, 6.07) is 10.2. The normalized spacial score (nSPS) is 16.6. The Kier molecular flexibility index (Phi) is 4.37. The van der Waals surface area contributed by atoms with Crippen molar-refractivity contribution in [3.63, 3.8) is 0 Å². The minimum atomic E-state index is -0.247. The predicted octanol–water partition coefficient (Wildman–Crippen LogP) is 2.78. The van der Waals surface area contributed by atoms with Crippen LogP contribution in [-0.2, 0) is 9.53 Å². The first kappa shape index (κ1) is 13.1. The zero-order valence-corrected chi connectivity index (χ0v) is 11.1. The fourth-order valence-corrected chi connectivity index (χ4v) is 2.38. The lowest BCUT2D eigenvalue weighted by molar-refractivity contribution is -0.150. The minimum Gasteiger partial charge on any atom is -0.465 e. The van der Waals surface area contributed by atoms with E-state index in [0.717, 1.165) is 12.1 Å². The summed E-state index contributed by atoms with van der Waals surface area (Å²) in [5.74, 6) is -0.127. The second-order valence-corrected chi connectivity index (χ2v) is 4.63. The van der Waals surface area contributed by atoms with Crippen molar-refractivity contribution < 1.29 is 9.53 Å². The quantitative estimate of drug-likeness (QED) is 0.724. The number of ether oxygens (including phenoxy) is 1. The molecule has 0 spiro atoms. The lowest BCUT2D eigenvalue weighted by Gasteiger charge is -2.29.